The highest BCUT2D eigenvalue weighted by Crippen LogP contribution is 2.32. The maximum Gasteiger partial charge on any atom is 0.416 e. The first-order chi connectivity index (χ1) is 8.02. The molecular formula is C11H9F3N2O. The van der Waals surface area contributed by atoms with Gasteiger partial charge in [-0.15, -0.1) is 0 Å². The predicted molar refractivity (Wildman–Crippen MR) is 54.8 cm³/mol. The topological polar surface area (TPSA) is 52.0 Å². The molecule has 0 saturated heterocycles. The number of oxazole rings is 1. The summed E-state index contributed by atoms with van der Waals surface area (Å²) < 4.78 is 42.6. The Bertz CT molecular complexity index is 519. The molecule has 90 valence electrons. The molecule has 0 unspecified atom stereocenters. The zero-order chi connectivity index (χ0) is 12.5. The first-order valence-electron chi connectivity index (χ1n) is 4.82. The van der Waals surface area contributed by atoms with E-state index in [2.05, 4.69) is 4.98 Å². The van der Waals surface area contributed by atoms with E-state index in [1.54, 1.807) is 0 Å². The van der Waals surface area contributed by atoms with Gasteiger partial charge >= 0.3 is 6.18 Å². The van der Waals surface area contributed by atoms with Crippen LogP contribution >= 0.6 is 0 Å². The Labute approximate surface area is 95.1 Å². The van der Waals surface area contributed by atoms with Crippen LogP contribution in [0.3, 0.4) is 0 Å². The van der Waals surface area contributed by atoms with Gasteiger partial charge in [-0.2, -0.15) is 13.2 Å². The number of hydrogen-bond donors (Lipinski definition) is 1. The minimum absolute atomic E-state index is 0.113. The summed E-state index contributed by atoms with van der Waals surface area (Å²) in [6.07, 6.45) is -3.21. The summed E-state index contributed by atoms with van der Waals surface area (Å²) in [6.45, 7) is 0.113. The van der Waals surface area contributed by atoms with Crippen LogP contribution in [0, 0.1) is 0 Å². The van der Waals surface area contributed by atoms with Crippen molar-refractivity contribution in [2.45, 2.75) is 12.7 Å². The summed E-state index contributed by atoms with van der Waals surface area (Å²) >= 11 is 0. The molecule has 0 aliphatic carbocycles. The second-order valence-corrected chi connectivity index (χ2v) is 3.41. The average molecular weight is 242 g/mol. The van der Waals surface area contributed by atoms with Gasteiger partial charge in [0, 0.05) is 12.1 Å². The third-order valence-corrected chi connectivity index (χ3v) is 2.29. The van der Waals surface area contributed by atoms with Crippen LogP contribution in [0.15, 0.2) is 35.1 Å². The molecule has 0 bridgehead atoms. The lowest BCUT2D eigenvalue weighted by Gasteiger charge is -2.07. The molecule has 0 radical (unpaired) electrons. The maximum atomic E-state index is 12.5. The first kappa shape index (κ1) is 11.7. The van der Waals surface area contributed by atoms with Crippen LogP contribution in [0.25, 0.3) is 11.3 Å². The molecule has 0 amide bonds. The summed E-state index contributed by atoms with van der Waals surface area (Å²) in [6, 6.07) is 4.86. The largest absolute Gasteiger partial charge is 0.443 e. The third-order valence-electron chi connectivity index (χ3n) is 2.29. The second-order valence-electron chi connectivity index (χ2n) is 3.41. The summed E-state index contributed by atoms with van der Waals surface area (Å²) in [7, 11) is 0. The molecule has 2 rings (SSSR count). The number of nitrogens with zero attached hydrogens (tertiary/aromatic N) is 1. The predicted octanol–water partition coefficient (Wildman–Crippen LogP) is 2.82. The van der Waals surface area contributed by atoms with Crippen molar-refractivity contribution in [1.82, 2.24) is 4.98 Å². The lowest BCUT2D eigenvalue weighted by atomic mass is 10.1. The Morgan fingerprint density at radius 1 is 1.29 bits per heavy atom. The van der Waals surface area contributed by atoms with Crippen molar-refractivity contribution < 1.29 is 17.6 Å². The van der Waals surface area contributed by atoms with E-state index in [-0.39, 0.29) is 12.3 Å². The van der Waals surface area contributed by atoms with E-state index in [0.29, 0.717) is 11.3 Å². The van der Waals surface area contributed by atoms with Crippen LogP contribution < -0.4 is 5.73 Å². The van der Waals surface area contributed by atoms with E-state index in [1.165, 1.54) is 12.1 Å². The molecule has 0 saturated carbocycles. The van der Waals surface area contributed by atoms with Crippen LogP contribution in [0.1, 0.15) is 11.3 Å². The zero-order valence-electron chi connectivity index (χ0n) is 8.66. The summed E-state index contributed by atoms with van der Waals surface area (Å²) in [5.74, 6) is 0.276. The number of nitrogens with two attached hydrogens (primary N) is 1. The van der Waals surface area contributed by atoms with Crippen molar-refractivity contribution in [3.8, 4) is 11.3 Å². The number of aromatic nitrogens is 1. The molecule has 1 aromatic carbocycles. The summed E-state index contributed by atoms with van der Waals surface area (Å²) in [4.78, 5) is 3.83. The van der Waals surface area contributed by atoms with Gasteiger partial charge in [-0.25, -0.2) is 4.98 Å². The van der Waals surface area contributed by atoms with Crippen molar-refractivity contribution in [2.24, 2.45) is 5.73 Å². The lowest BCUT2D eigenvalue weighted by molar-refractivity contribution is -0.137. The zero-order valence-corrected chi connectivity index (χ0v) is 8.66. The molecule has 0 aliphatic heterocycles. The van der Waals surface area contributed by atoms with Crippen LogP contribution in [0.5, 0.6) is 0 Å². The highest BCUT2D eigenvalue weighted by Gasteiger charge is 2.30. The van der Waals surface area contributed by atoms with Crippen molar-refractivity contribution in [2.75, 3.05) is 0 Å². The van der Waals surface area contributed by atoms with Crippen LogP contribution in [0.4, 0.5) is 13.2 Å². The van der Waals surface area contributed by atoms with Crippen molar-refractivity contribution >= 4 is 0 Å². The Kier molecular flexibility index (Phi) is 2.89. The van der Waals surface area contributed by atoms with Gasteiger partial charge in [0.1, 0.15) is 5.69 Å². The molecule has 1 heterocycles. The Hall–Kier alpha value is -1.82. The molecule has 0 fully saturated rings. The van der Waals surface area contributed by atoms with E-state index in [1.807, 2.05) is 0 Å². The summed E-state index contributed by atoms with van der Waals surface area (Å²) in [5.41, 5.74) is 5.44. The highest BCUT2D eigenvalue weighted by atomic mass is 19.4. The van der Waals surface area contributed by atoms with E-state index in [0.717, 1.165) is 18.5 Å². The normalized spacial score (nSPS) is 11.8. The monoisotopic (exact) mass is 242 g/mol. The Morgan fingerprint density at radius 3 is 2.71 bits per heavy atom. The Morgan fingerprint density at radius 2 is 2.06 bits per heavy atom. The lowest BCUT2D eigenvalue weighted by Crippen LogP contribution is -2.05. The SMILES string of the molecule is NCc1ncoc1-c1cccc(C(F)(F)F)c1. The number of benzene rings is 1. The van der Waals surface area contributed by atoms with Gasteiger partial charge in [0.25, 0.3) is 0 Å². The number of alkyl halides is 3. The minimum Gasteiger partial charge on any atom is -0.443 e. The van der Waals surface area contributed by atoms with E-state index in [4.69, 9.17) is 10.2 Å². The van der Waals surface area contributed by atoms with Crippen LogP contribution in [0.2, 0.25) is 0 Å². The smallest absolute Gasteiger partial charge is 0.416 e. The number of rotatable bonds is 2. The summed E-state index contributed by atoms with van der Waals surface area (Å²) in [5, 5.41) is 0. The van der Waals surface area contributed by atoms with Gasteiger partial charge in [0.2, 0.25) is 0 Å². The van der Waals surface area contributed by atoms with Crippen LogP contribution in [-0.4, -0.2) is 4.98 Å². The molecule has 3 nitrogen and oxygen atoms in total. The van der Waals surface area contributed by atoms with Gasteiger partial charge in [-0.05, 0) is 12.1 Å². The van der Waals surface area contributed by atoms with Gasteiger partial charge in [0.15, 0.2) is 12.2 Å². The fourth-order valence-electron chi connectivity index (χ4n) is 1.49. The van der Waals surface area contributed by atoms with Crippen molar-refractivity contribution in [3.63, 3.8) is 0 Å². The number of halogens is 3. The minimum atomic E-state index is -4.38. The van der Waals surface area contributed by atoms with Gasteiger partial charge in [0.05, 0.1) is 5.56 Å². The fraction of sp³-hybridized carbons (Fsp3) is 0.182. The van der Waals surface area contributed by atoms with E-state index < -0.39 is 11.7 Å². The van der Waals surface area contributed by atoms with Crippen LogP contribution in [-0.2, 0) is 12.7 Å². The second kappa shape index (κ2) is 4.21. The highest BCUT2D eigenvalue weighted by molar-refractivity contribution is 5.60. The quantitative estimate of drug-likeness (QED) is 0.880. The average Bonchev–Trinajstić information content (AvgIpc) is 2.76. The molecule has 1 aromatic heterocycles. The molecule has 0 aliphatic rings. The van der Waals surface area contributed by atoms with Crippen molar-refractivity contribution in [3.05, 3.63) is 41.9 Å². The van der Waals surface area contributed by atoms with E-state index in [9.17, 15) is 13.2 Å². The number of hydrogen-bond acceptors (Lipinski definition) is 3. The van der Waals surface area contributed by atoms with Crippen molar-refractivity contribution in [1.29, 1.82) is 0 Å². The molecule has 0 atom stereocenters. The molecule has 2 aromatic rings. The molecule has 17 heavy (non-hydrogen) atoms. The first-order valence-corrected chi connectivity index (χ1v) is 4.82. The Balaban J connectivity index is 2.47. The fourth-order valence-corrected chi connectivity index (χ4v) is 1.49. The standard InChI is InChI=1S/C11H9F3N2O/c12-11(13,14)8-3-1-2-7(4-8)10-9(5-15)16-6-17-10/h1-4,6H,5,15H2. The maximum absolute atomic E-state index is 12.5. The molecule has 2 N–H and O–H groups in total. The molecular weight excluding hydrogens is 233 g/mol. The van der Waals surface area contributed by atoms with Gasteiger partial charge < -0.3 is 10.2 Å². The molecule has 6 heteroatoms. The van der Waals surface area contributed by atoms with Gasteiger partial charge in [-0.1, -0.05) is 12.1 Å². The third kappa shape index (κ3) is 2.31. The molecule has 0 spiro atoms. The van der Waals surface area contributed by atoms with E-state index >= 15 is 0 Å². The van der Waals surface area contributed by atoms with Gasteiger partial charge in [-0.3, -0.25) is 0 Å².